The molecule has 8 N–H and O–H groups in total. The molecule has 2 aromatic carbocycles. The van der Waals surface area contributed by atoms with Crippen molar-refractivity contribution in [3.8, 4) is 28.7 Å². The summed E-state index contributed by atoms with van der Waals surface area (Å²) in [6.45, 7) is -0.633. The minimum atomic E-state index is -1.66. The van der Waals surface area contributed by atoms with E-state index >= 15 is 0 Å². The van der Waals surface area contributed by atoms with E-state index in [0.29, 0.717) is 11.1 Å². The first kappa shape index (κ1) is 22.4. The highest BCUT2D eigenvalue weighted by molar-refractivity contribution is 5.52. The van der Waals surface area contributed by atoms with Crippen LogP contribution in [0.15, 0.2) is 30.3 Å². The molecule has 2 aliphatic rings. The van der Waals surface area contributed by atoms with Crippen LogP contribution in [-0.4, -0.2) is 84.3 Å². The third-order valence-electron chi connectivity index (χ3n) is 5.59. The van der Waals surface area contributed by atoms with Gasteiger partial charge in [-0.05, 0) is 17.7 Å². The molecule has 1 saturated heterocycles. The Bertz CT molecular complexity index is 978. The van der Waals surface area contributed by atoms with Crippen molar-refractivity contribution < 1.29 is 55.1 Å². The second-order valence-electron chi connectivity index (χ2n) is 7.79. The molecule has 11 heteroatoms. The second-order valence-corrected chi connectivity index (χ2v) is 7.79. The predicted molar refractivity (Wildman–Crippen MR) is 105 cm³/mol. The molecular formula is C21H24O11. The largest absolute Gasteiger partial charge is 0.508 e. The van der Waals surface area contributed by atoms with E-state index in [1.807, 2.05) is 0 Å². The highest BCUT2D eigenvalue weighted by atomic mass is 16.7. The van der Waals surface area contributed by atoms with E-state index in [9.17, 15) is 40.9 Å². The lowest BCUT2D eigenvalue weighted by molar-refractivity contribution is -0.277. The Labute approximate surface area is 181 Å². The van der Waals surface area contributed by atoms with Crippen molar-refractivity contribution in [1.29, 1.82) is 0 Å². The third kappa shape index (κ3) is 4.01. The molecule has 7 atom stereocenters. The van der Waals surface area contributed by atoms with Gasteiger partial charge >= 0.3 is 0 Å². The molecule has 0 aromatic heterocycles. The monoisotopic (exact) mass is 452 g/mol. The van der Waals surface area contributed by atoms with Crippen molar-refractivity contribution in [2.24, 2.45) is 0 Å². The molecular weight excluding hydrogens is 428 g/mol. The van der Waals surface area contributed by atoms with Gasteiger partial charge in [-0.15, -0.1) is 0 Å². The zero-order chi connectivity index (χ0) is 23.2. The number of ether oxygens (including phenoxy) is 3. The Morgan fingerprint density at radius 3 is 2.34 bits per heavy atom. The summed E-state index contributed by atoms with van der Waals surface area (Å²) in [7, 11) is 0. The van der Waals surface area contributed by atoms with Crippen molar-refractivity contribution in [3.05, 3.63) is 41.5 Å². The van der Waals surface area contributed by atoms with Crippen LogP contribution in [0.25, 0.3) is 0 Å². The average Bonchev–Trinajstić information content (AvgIpc) is 2.76. The zero-order valence-electron chi connectivity index (χ0n) is 16.6. The van der Waals surface area contributed by atoms with Gasteiger partial charge in [-0.2, -0.15) is 0 Å². The summed E-state index contributed by atoms with van der Waals surface area (Å²) in [4.78, 5) is 0. The molecule has 2 aliphatic heterocycles. The average molecular weight is 452 g/mol. The summed E-state index contributed by atoms with van der Waals surface area (Å²) >= 11 is 0. The highest BCUT2D eigenvalue weighted by Gasteiger charge is 2.45. The Morgan fingerprint density at radius 2 is 1.66 bits per heavy atom. The van der Waals surface area contributed by atoms with Crippen LogP contribution < -0.4 is 9.47 Å². The third-order valence-corrected chi connectivity index (χ3v) is 5.59. The van der Waals surface area contributed by atoms with Crippen molar-refractivity contribution in [1.82, 2.24) is 0 Å². The van der Waals surface area contributed by atoms with Gasteiger partial charge in [0.15, 0.2) is 11.5 Å². The number of hydrogen-bond acceptors (Lipinski definition) is 11. The molecule has 0 amide bonds. The highest BCUT2D eigenvalue weighted by Crippen LogP contribution is 2.44. The van der Waals surface area contributed by atoms with Crippen LogP contribution in [0.3, 0.4) is 0 Å². The summed E-state index contributed by atoms with van der Waals surface area (Å²) < 4.78 is 16.8. The Morgan fingerprint density at radius 1 is 0.906 bits per heavy atom. The fraction of sp³-hybridized carbons (Fsp3) is 0.429. The van der Waals surface area contributed by atoms with Gasteiger partial charge in [0.2, 0.25) is 6.29 Å². The molecule has 0 radical (unpaired) electrons. The number of benzene rings is 2. The molecule has 0 bridgehead atoms. The quantitative estimate of drug-likeness (QED) is 0.266. The molecule has 4 rings (SSSR count). The SMILES string of the molecule is OCC1OC(Oc2cc(O)cc3c2CC(O)C(c2ccc(O)c(O)c2)O3)C(O)C(O)C1O. The number of phenolic OH excluding ortho intramolecular Hbond substituents is 3. The predicted octanol–water partition coefficient (Wildman–Crippen LogP) is -0.981. The van der Waals surface area contributed by atoms with Gasteiger partial charge in [-0.25, -0.2) is 0 Å². The summed E-state index contributed by atoms with van der Waals surface area (Å²) in [5.74, 6) is -0.811. The molecule has 0 aliphatic carbocycles. The smallest absolute Gasteiger partial charge is 0.229 e. The van der Waals surface area contributed by atoms with Gasteiger partial charge in [-0.3, -0.25) is 0 Å². The molecule has 0 saturated carbocycles. The lowest BCUT2D eigenvalue weighted by Gasteiger charge is -2.40. The Balaban J connectivity index is 1.62. The van der Waals surface area contributed by atoms with E-state index in [1.165, 1.54) is 30.3 Å². The zero-order valence-corrected chi connectivity index (χ0v) is 16.6. The topological polar surface area (TPSA) is 190 Å². The van der Waals surface area contributed by atoms with Crippen LogP contribution in [0.5, 0.6) is 28.7 Å². The number of aromatic hydroxyl groups is 3. The van der Waals surface area contributed by atoms with E-state index in [0.717, 1.165) is 0 Å². The van der Waals surface area contributed by atoms with Gasteiger partial charge in [0.1, 0.15) is 47.8 Å². The van der Waals surface area contributed by atoms with E-state index in [1.54, 1.807) is 0 Å². The van der Waals surface area contributed by atoms with Gasteiger partial charge in [-0.1, -0.05) is 6.07 Å². The molecule has 32 heavy (non-hydrogen) atoms. The molecule has 2 heterocycles. The summed E-state index contributed by atoms with van der Waals surface area (Å²) in [6.07, 6.45) is -9.56. The van der Waals surface area contributed by atoms with E-state index in [2.05, 4.69) is 0 Å². The first-order valence-electron chi connectivity index (χ1n) is 9.89. The van der Waals surface area contributed by atoms with E-state index < -0.39 is 49.5 Å². The minimum absolute atomic E-state index is 0.00428. The number of fused-ring (bicyclic) bond motifs is 1. The van der Waals surface area contributed by atoms with Crippen molar-refractivity contribution >= 4 is 0 Å². The van der Waals surface area contributed by atoms with Crippen LogP contribution in [0.4, 0.5) is 0 Å². The lowest BCUT2D eigenvalue weighted by Crippen LogP contribution is -2.60. The van der Waals surface area contributed by atoms with Crippen LogP contribution in [0.2, 0.25) is 0 Å². The lowest BCUT2D eigenvalue weighted by atomic mass is 9.93. The minimum Gasteiger partial charge on any atom is -0.508 e. The van der Waals surface area contributed by atoms with Crippen LogP contribution in [0.1, 0.15) is 17.2 Å². The maximum Gasteiger partial charge on any atom is 0.229 e. The maximum atomic E-state index is 10.7. The molecule has 1 fully saturated rings. The molecule has 174 valence electrons. The standard InChI is InChI=1S/C21H24O11/c22-7-16-17(27)18(28)19(29)21(32-16)31-15-5-9(23)4-14-10(15)6-13(26)20(30-14)8-1-2-11(24)12(25)3-8/h1-5,13,16-29H,6-7H2. The summed E-state index contributed by atoms with van der Waals surface area (Å²) in [6, 6.07) is 6.49. The number of hydrogen-bond donors (Lipinski definition) is 8. The number of aliphatic hydroxyl groups is 5. The summed E-state index contributed by atoms with van der Waals surface area (Å²) in [5.41, 5.74) is 0.727. The maximum absolute atomic E-state index is 10.7. The number of phenols is 3. The van der Waals surface area contributed by atoms with Crippen molar-refractivity contribution in [2.75, 3.05) is 6.61 Å². The molecule has 2 aromatic rings. The molecule has 7 unspecified atom stereocenters. The normalized spacial score (nSPS) is 32.1. The van der Waals surface area contributed by atoms with Crippen LogP contribution in [0, 0.1) is 0 Å². The second kappa shape index (κ2) is 8.62. The fourth-order valence-corrected chi connectivity index (χ4v) is 3.85. The van der Waals surface area contributed by atoms with Crippen molar-refractivity contribution in [3.63, 3.8) is 0 Å². The first-order valence-corrected chi connectivity index (χ1v) is 9.89. The summed E-state index contributed by atoms with van der Waals surface area (Å²) in [5, 5.41) is 79.5. The van der Waals surface area contributed by atoms with Crippen LogP contribution in [-0.2, 0) is 11.2 Å². The van der Waals surface area contributed by atoms with Crippen molar-refractivity contribution in [2.45, 2.75) is 49.3 Å². The number of rotatable bonds is 4. The molecule has 0 spiro atoms. The fourth-order valence-electron chi connectivity index (χ4n) is 3.85. The van der Waals surface area contributed by atoms with Gasteiger partial charge in [0.25, 0.3) is 0 Å². The Kier molecular flexibility index (Phi) is 6.03. The van der Waals surface area contributed by atoms with E-state index in [-0.39, 0.29) is 35.2 Å². The van der Waals surface area contributed by atoms with E-state index in [4.69, 9.17) is 14.2 Å². The number of aliphatic hydroxyl groups excluding tert-OH is 5. The first-order chi connectivity index (χ1) is 15.2. The van der Waals surface area contributed by atoms with Gasteiger partial charge < -0.3 is 55.1 Å². The van der Waals surface area contributed by atoms with Gasteiger partial charge in [0, 0.05) is 24.1 Å². The molecule has 11 nitrogen and oxygen atoms in total. The Hall–Kier alpha value is -2.80. The van der Waals surface area contributed by atoms with Gasteiger partial charge in [0.05, 0.1) is 12.7 Å². The van der Waals surface area contributed by atoms with Crippen LogP contribution >= 0.6 is 0 Å².